The van der Waals surface area contributed by atoms with Gasteiger partial charge in [-0.05, 0) is 29.3 Å². The summed E-state index contributed by atoms with van der Waals surface area (Å²) in [5, 5.41) is 5.06. The third-order valence-electron chi connectivity index (χ3n) is 4.13. The Bertz CT molecular complexity index is 1170. The smallest absolute Gasteiger partial charge is 0.422 e. The van der Waals surface area contributed by atoms with Crippen molar-refractivity contribution in [3.8, 4) is 17.0 Å². The third-order valence-corrected chi connectivity index (χ3v) is 4.13. The van der Waals surface area contributed by atoms with E-state index in [0.717, 1.165) is 6.07 Å². The van der Waals surface area contributed by atoms with Gasteiger partial charge >= 0.3 is 17.9 Å². The second kappa shape index (κ2) is 9.95. The normalized spacial score (nSPS) is 10.8. The van der Waals surface area contributed by atoms with Gasteiger partial charge in [0.15, 0.2) is 12.8 Å². The highest BCUT2D eigenvalue weighted by molar-refractivity contribution is 5.95. The fourth-order valence-corrected chi connectivity index (χ4v) is 2.77. The van der Waals surface area contributed by atoms with Gasteiger partial charge in [0.05, 0.1) is 17.7 Å². The van der Waals surface area contributed by atoms with Crippen molar-refractivity contribution in [3.63, 3.8) is 0 Å². The Morgan fingerprint density at radius 3 is 2.70 bits per heavy atom. The number of amides is 2. The summed E-state index contributed by atoms with van der Waals surface area (Å²) in [4.78, 5) is 31.3. The summed E-state index contributed by atoms with van der Waals surface area (Å²) in [5.41, 5.74) is 1.01. The van der Waals surface area contributed by atoms with E-state index in [2.05, 4.69) is 26.8 Å². The van der Waals surface area contributed by atoms with Crippen molar-refractivity contribution in [2.24, 2.45) is 0 Å². The molecule has 1 aromatic carbocycles. The van der Waals surface area contributed by atoms with E-state index < -0.39 is 24.5 Å². The second-order valence-electron chi connectivity index (χ2n) is 6.84. The average molecular weight is 461 g/mol. The minimum Gasteiger partial charge on any atom is -0.468 e. The van der Waals surface area contributed by atoms with Crippen LogP contribution in [0.5, 0.6) is 5.88 Å². The van der Waals surface area contributed by atoms with E-state index in [1.807, 2.05) is 0 Å². The molecule has 2 aromatic heterocycles. The lowest BCUT2D eigenvalue weighted by atomic mass is 10.0. The molecular weight excluding hydrogens is 444 g/mol. The summed E-state index contributed by atoms with van der Waals surface area (Å²) >= 11 is 0. The summed E-state index contributed by atoms with van der Waals surface area (Å²) in [6.07, 6.45) is -0.830. The maximum absolute atomic E-state index is 13.7. The quantitative estimate of drug-likeness (QED) is 0.528. The molecule has 3 rings (SSSR count). The Hall–Kier alpha value is -4.20. The molecule has 7 nitrogen and oxygen atoms in total. The van der Waals surface area contributed by atoms with Crippen molar-refractivity contribution < 1.29 is 36.9 Å². The van der Waals surface area contributed by atoms with Gasteiger partial charge in [-0.2, -0.15) is 23.5 Å². The van der Waals surface area contributed by atoms with Gasteiger partial charge in [-0.25, -0.2) is 14.2 Å². The molecule has 0 unspecified atom stereocenters. The number of nitrogens with zero attached hydrogens (tertiary/aromatic N) is 2. The van der Waals surface area contributed by atoms with Crippen molar-refractivity contribution in [1.82, 2.24) is 10.3 Å². The Kier molecular flexibility index (Phi) is 7.07. The number of carbonyl (C=O) groups is 2. The zero-order valence-electron chi connectivity index (χ0n) is 17.2. The van der Waals surface area contributed by atoms with Crippen LogP contribution in [0.15, 0.2) is 48.7 Å². The van der Waals surface area contributed by atoms with Crippen LogP contribution < -0.4 is 20.4 Å². The predicted octanol–water partition coefficient (Wildman–Crippen LogP) is 3.12. The van der Waals surface area contributed by atoms with Crippen LogP contribution in [-0.4, -0.2) is 29.6 Å². The van der Waals surface area contributed by atoms with Gasteiger partial charge in [-0.1, -0.05) is 12.1 Å². The third kappa shape index (κ3) is 6.90. The summed E-state index contributed by atoms with van der Waals surface area (Å²) in [6.45, 7) is -0.307. The number of halogens is 4. The van der Waals surface area contributed by atoms with Gasteiger partial charge in [-0.3, -0.25) is 4.79 Å². The zero-order valence-corrected chi connectivity index (χ0v) is 17.2. The van der Waals surface area contributed by atoms with Gasteiger partial charge in [-0.15, -0.1) is 0 Å². The Morgan fingerprint density at radius 1 is 1.21 bits per heavy atom. The number of aromatic nitrogens is 2. The molecule has 0 bridgehead atoms. The van der Waals surface area contributed by atoms with Crippen LogP contribution in [0, 0.1) is 12.0 Å². The fourth-order valence-electron chi connectivity index (χ4n) is 2.77. The van der Waals surface area contributed by atoms with Crippen LogP contribution >= 0.6 is 0 Å². The van der Waals surface area contributed by atoms with Crippen LogP contribution in [0.25, 0.3) is 11.1 Å². The molecule has 0 spiro atoms. The van der Waals surface area contributed by atoms with Crippen LogP contribution in [0.3, 0.4) is 0 Å². The van der Waals surface area contributed by atoms with Gasteiger partial charge in [0, 0.05) is 25.2 Å². The number of ether oxygens (including phenoxy) is 1. The topological polar surface area (TPSA) is 94.4 Å². The molecular formula is C22H17F4N4O3+. The molecule has 3 aromatic rings. The van der Waals surface area contributed by atoms with E-state index in [-0.39, 0.29) is 40.8 Å². The molecule has 33 heavy (non-hydrogen) atoms. The first-order chi connectivity index (χ1) is 15.6. The minimum atomic E-state index is -4.58. The lowest BCUT2D eigenvalue weighted by molar-refractivity contribution is -0.276. The number of carbonyl (C=O) groups excluding carboxylic acids is 2. The molecule has 0 aliphatic heterocycles. The number of anilines is 1. The second-order valence-corrected chi connectivity index (χ2v) is 6.84. The zero-order chi connectivity index (χ0) is 24.0. The van der Waals surface area contributed by atoms with Crippen molar-refractivity contribution >= 4 is 17.6 Å². The number of hydrogen-bond donors (Lipinski definition) is 2. The van der Waals surface area contributed by atoms with Crippen molar-refractivity contribution in [2.45, 2.75) is 19.6 Å². The predicted molar refractivity (Wildman–Crippen MR) is 108 cm³/mol. The lowest BCUT2D eigenvalue weighted by Crippen LogP contribution is -2.24. The summed E-state index contributed by atoms with van der Waals surface area (Å²) < 4.78 is 56.3. The SMILES string of the molecule is CC(=O)Nc1cc(C(=O)NCc2cnc(OCC(F)(F)F)c(-c3cccc(F)c3)c2)cc#[n+]1. The van der Waals surface area contributed by atoms with Gasteiger partial charge in [0.25, 0.3) is 5.91 Å². The molecule has 0 fully saturated rings. The highest BCUT2D eigenvalue weighted by Crippen LogP contribution is 2.30. The van der Waals surface area contributed by atoms with E-state index in [4.69, 9.17) is 4.74 Å². The summed E-state index contributed by atoms with van der Waals surface area (Å²) in [7, 11) is 0. The van der Waals surface area contributed by atoms with E-state index in [1.54, 1.807) is 0 Å². The molecule has 0 saturated carbocycles. The molecule has 2 N–H and O–H groups in total. The van der Waals surface area contributed by atoms with E-state index in [1.165, 1.54) is 49.5 Å². The number of benzene rings is 1. The maximum Gasteiger partial charge on any atom is 0.422 e. The largest absolute Gasteiger partial charge is 0.468 e. The molecule has 0 atom stereocenters. The van der Waals surface area contributed by atoms with E-state index >= 15 is 0 Å². The molecule has 11 heteroatoms. The van der Waals surface area contributed by atoms with Crippen LogP contribution in [0.2, 0.25) is 0 Å². The lowest BCUT2D eigenvalue weighted by Gasteiger charge is -2.14. The van der Waals surface area contributed by atoms with Crippen LogP contribution in [-0.2, 0) is 11.3 Å². The first kappa shape index (κ1) is 23.5. The maximum atomic E-state index is 13.7. The molecule has 0 radical (unpaired) electrons. The highest BCUT2D eigenvalue weighted by Gasteiger charge is 2.29. The number of pyridine rings is 1. The van der Waals surface area contributed by atoms with Crippen molar-refractivity contribution in [1.29, 1.82) is 0 Å². The molecule has 170 valence electrons. The standard InChI is InChI=1S/C22H16F4N4O3/c1-13(31)30-19-9-16(5-6-27-19)20(32)28-10-14-7-18(15-3-2-4-17(23)8-15)21(29-11-14)33-12-22(24,25)26/h2-5,7-9,11H,10,12H2,1H3,(H,28,32)/p+1. The number of alkyl halides is 3. The molecule has 0 aliphatic carbocycles. The molecule has 0 aliphatic rings. The summed E-state index contributed by atoms with van der Waals surface area (Å²) in [5.74, 6) is -1.63. The van der Waals surface area contributed by atoms with Crippen LogP contribution in [0.1, 0.15) is 22.8 Å². The first-order valence-corrected chi connectivity index (χ1v) is 9.49. The Labute approximate surface area is 185 Å². The molecule has 2 heterocycles. The molecule has 0 saturated heterocycles. The fraction of sp³-hybridized carbons (Fsp3) is 0.182. The number of nitrogens with one attached hydrogen (secondary N) is 2. The van der Waals surface area contributed by atoms with E-state index in [9.17, 15) is 27.2 Å². The highest BCUT2D eigenvalue weighted by atomic mass is 19.4. The molecule has 2 amide bonds. The van der Waals surface area contributed by atoms with Crippen molar-refractivity contribution in [2.75, 3.05) is 11.9 Å². The van der Waals surface area contributed by atoms with Crippen LogP contribution in [0.4, 0.5) is 23.4 Å². The first-order valence-electron chi connectivity index (χ1n) is 9.49. The summed E-state index contributed by atoms with van der Waals surface area (Å²) in [6, 6.07) is 9.37. The number of hydrogen-bond acceptors (Lipinski definition) is 4. The Morgan fingerprint density at radius 2 is 2.00 bits per heavy atom. The van der Waals surface area contributed by atoms with E-state index in [0.29, 0.717) is 5.56 Å². The Balaban J connectivity index is 1.80. The minimum absolute atomic E-state index is 0.0362. The monoisotopic (exact) mass is 461 g/mol. The van der Waals surface area contributed by atoms with Gasteiger partial charge < -0.3 is 10.1 Å². The van der Waals surface area contributed by atoms with Gasteiger partial charge in [0.2, 0.25) is 5.88 Å². The van der Waals surface area contributed by atoms with Crippen molar-refractivity contribution in [3.05, 3.63) is 71.8 Å². The average Bonchev–Trinajstić information content (AvgIpc) is 2.75. The number of rotatable bonds is 7. The van der Waals surface area contributed by atoms with Gasteiger partial charge in [0.1, 0.15) is 5.82 Å².